The van der Waals surface area contributed by atoms with E-state index < -0.39 is 33.7 Å². The number of aromatic nitrogens is 3. The van der Waals surface area contributed by atoms with Crippen molar-refractivity contribution in [2.45, 2.75) is 84.2 Å². The van der Waals surface area contributed by atoms with Gasteiger partial charge >= 0.3 is 7.12 Å². The standard InChI is InChI=1S/C28H42BN3O5Si/c1-25(2,3)38-37-26(4,5)23-12-11-13-24(31-23)32-21-16-19(29-35-27(6,7)28(8,9)36-29)17-22(20(21)18-30-32)34-15-14-33-10/h11-13,16-18H,14-15,38H2,1-10H3. The minimum absolute atomic E-state index is 0.191. The number of rotatable bonds is 9. The molecule has 0 N–H and O–H groups in total. The SMILES string of the molecule is COCCOc1cc(B2OC(C)(C)C(C)(C)O2)cc2c1cnn2-c1cccc(C(C)(C)O[SiH2]C(C)(C)C)n1. The first-order chi connectivity index (χ1) is 17.6. The maximum absolute atomic E-state index is 6.42. The fraction of sp³-hybridized carbons (Fsp3) is 0.571. The second kappa shape index (κ2) is 10.4. The van der Waals surface area contributed by atoms with Crippen LogP contribution in [0.15, 0.2) is 36.5 Å². The van der Waals surface area contributed by atoms with Crippen molar-refractivity contribution in [1.29, 1.82) is 0 Å². The van der Waals surface area contributed by atoms with Crippen LogP contribution in [-0.2, 0) is 24.1 Å². The highest BCUT2D eigenvalue weighted by atomic mass is 28.2. The normalized spacial score (nSPS) is 17.7. The number of hydrogen-bond donors (Lipinski definition) is 0. The molecule has 8 nitrogen and oxygen atoms in total. The summed E-state index contributed by atoms with van der Waals surface area (Å²) in [5.74, 6) is 1.41. The van der Waals surface area contributed by atoms with E-state index in [0.29, 0.717) is 24.8 Å². The van der Waals surface area contributed by atoms with Gasteiger partial charge in [0.25, 0.3) is 0 Å². The Morgan fingerprint density at radius 3 is 2.32 bits per heavy atom. The van der Waals surface area contributed by atoms with Crippen molar-refractivity contribution in [2.75, 3.05) is 20.3 Å². The molecule has 1 fully saturated rings. The van der Waals surface area contributed by atoms with Crippen molar-refractivity contribution in [3.8, 4) is 11.6 Å². The van der Waals surface area contributed by atoms with Gasteiger partial charge < -0.3 is 23.2 Å². The molecule has 10 heteroatoms. The largest absolute Gasteiger partial charge is 0.495 e. The average molecular weight is 540 g/mol. The van der Waals surface area contributed by atoms with Crippen LogP contribution < -0.4 is 10.2 Å². The van der Waals surface area contributed by atoms with Gasteiger partial charge in [0.05, 0.1) is 46.2 Å². The predicted octanol–water partition coefficient (Wildman–Crippen LogP) is 4.30. The second-order valence-electron chi connectivity index (χ2n) is 12.7. The van der Waals surface area contributed by atoms with E-state index in [9.17, 15) is 0 Å². The first-order valence-electron chi connectivity index (χ1n) is 13.2. The van der Waals surface area contributed by atoms with Gasteiger partial charge in [-0.25, -0.2) is 9.67 Å². The van der Waals surface area contributed by atoms with E-state index in [-0.39, 0.29) is 5.04 Å². The highest BCUT2D eigenvalue weighted by Gasteiger charge is 2.52. The maximum Gasteiger partial charge on any atom is 0.495 e. The van der Waals surface area contributed by atoms with Gasteiger partial charge in [-0.15, -0.1) is 0 Å². The zero-order valence-corrected chi connectivity index (χ0v) is 26.0. The highest BCUT2D eigenvalue weighted by molar-refractivity contribution is 6.62. The van der Waals surface area contributed by atoms with Crippen molar-refractivity contribution < 1.29 is 23.2 Å². The molecule has 0 amide bonds. The molecule has 1 aromatic carbocycles. The van der Waals surface area contributed by atoms with E-state index in [1.807, 2.05) is 62.8 Å². The van der Waals surface area contributed by atoms with Crippen molar-refractivity contribution in [3.05, 3.63) is 42.2 Å². The van der Waals surface area contributed by atoms with Gasteiger partial charge in [0, 0.05) is 7.11 Å². The summed E-state index contributed by atoms with van der Waals surface area (Å²) in [6.07, 6.45) is 1.81. The third-order valence-electron chi connectivity index (χ3n) is 7.18. The highest BCUT2D eigenvalue weighted by Crippen LogP contribution is 2.37. The average Bonchev–Trinajstić information content (AvgIpc) is 3.35. The minimum Gasteiger partial charge on any atom is -0.490 e. The molecule has 2 aromatic heterocycles. The molecule has 0 unspecified atom stereocenters. The van der Waals surface area contributed by atoms with Gasteiger partial charge in [0.15, 0.2) is 15.6 Å². The van der Waals surface area contributed by atoms with Crippen LogP contribution in [-0.4, -0.2) is 63.2 Å². The Kier molecular flexibility index (Phi) is 7.86. The minimum atomic E-state index is -0.762. The molecule has 3 heterocycles. The fourth-order valence-electron chi connectivity index (χ4n) is 4.11. The monoisotopic (exact) mass is 539 g/mol. The van der Waals surface area contributed by atoms with Crippen LogP contribution >= 0.6 is 0 Å². The Labute approximate surface area is 229 Å². The maximum atomic E-state index is 6.42. The lowest BCUT2D eigenvalue weighted by molar-refractivity contribution is 0.00578. The lowest BCUT2D eigenvalue weighted by atomic mass is 9.78. The third kappa shape index (κ3) is 5.99. The van der Waals surface area contributed by atoms with Crippen LogP contribution in [0.1, 0.15) is 68.0 Å². The number of pyridine rings is 1. The summed E-state index contributed by atoms with van der Waals surface area (Å²) in [6, 6.07) is 10.0. The van der Waals surface area contributed by atoms with E-state index in [1.54, 1.807) is 7.11 Å². The molecule has 206 valence electrons. The molecule has 4 rings (SSSR count). The Bertz CT molecular complexity index is 1270. The lowest BCUT2D eigenvalue weighted by Crippen LogP contribution is -2.41. The molecule has 1 aliphatic rings. The number of ether oxygens (including phenoxy) is 2. The number of nitrogens with zero attached hydrogens (tertiary/aromatic N) is 3. The molecular formula is C28H42BN3O5Si. The van der Waals surface area contributed by atoms with Crippen LogP contribution in [0.5, 0.6) is 5.75 Å². The van der Waals surface area contributed by atoms with Gasteiger partial charge in [0.2, 0.25) is 0 Å². The van der Waals surface area contributed by atoms with Crippen LogP contribution in [0.2, 0.25) is 5.04 Å². The van der Waals surface area contributed by atoms with Crippen molar-refractivity contribution in [3.63, 3.8) is 0 Å². The predicted molar refractivity (Wildman–Crippen MR) is 154 cm³/mol. The molecule has 0 bridgehead atoms. The number of benzene rings is 1. The van der Waals surface area contributed by atoms with Crippen molar-refractivity contribution >= 4 is 33.2 Å². The first kappa shape index (κ1) is 28.8. The number of hydrogen-bond acceptors (Lipinski definition) is 7. The van der Waals surface area contributed by atoms with Gasteiger partial charge in [-0.3, -0.25) is 0 Å². The quantitative estimate of drug-likeness (QED) is 0.297. The Morgan fingerprint density at radius 2 is 1.68 bits per heavy atom. The molecule has 0 spiro atoms. The zero-order chi connectivity index (χ0) is 27.9. The number of fused-ring (bicyclic) bond motifs is 1. The molecule has 0 atom stereocenters. The molecule has 1 aliphatic heterocycles. The van der Waals surface area contributed by atoms with Crippen LogP contribution in [0.25, 0.3) is 16.7 Å². The van der Waals surface area contributed by atoms with Gasteiger partial charge in [-0.2, -0.15) is 5.10 Å². The molecule has 1 saturated heterocycles. The van der Waals surface area contributed by atoms with Gasteiger partial charge in [-0.1, -0.05) is 26.8 Å². The van der Waals surface area contributed by atoms with E-state index in [2.05, 4.69) is 40.7 Å². The molecule has 0 aliphatic carbocycles. The molecule has 3 aromatic rings. The Morgan fingerprint density at radius 1 is 1.00 bits per heavy atom. The van der Waals surface area contributed by atoms with Gasteiger partial charge in [-0.05, 0) is 76.3 Å². The first-order valence-corrected chi connectivity index (χ1v) is 14.5. The zero-order valence-electron chi connectivity index (χ0n) is 24.5. The van der Waals surface area contributed by atoms with Gasteiger partial charge in [0.1, 0.15) is 12.4 Å². The summed E-state index contributed by atoms with van der Waals surface area (Å²) in [5.41, 5.74) is 1.18. The van der Waals surface area contributed by atoms with Crippen LogP contribution in [0, 0.1) is 0 Å². The Hall–Kier alpha value is -2.24. The Balaban J connectivity index is 1.76. The summed E-state index contributed by atoms with van der Waals surface area (Å²) < 4.78 is 32.3. The second-order valence-corrected chi connectivity index (χ2v) is 15.4. The fourth-order valence-corrected chi connectivity index (χ4v) is 5.06. The molecule has 0 saturated carbocycles. The number of methoxy groups -OCH3 is 1. The smallest absolute Gasteiger partial charge is 0.490 e. The summed E-state index contributed by atoms with van der Waals surface area (Å²) in [7, 11) is 0.361. The topological polar surface area (TPSA) is 76.9 Å². The van der Waals surface area contributed by atoms with E-state index in [1.165, 1.54) is 0 Å². The third-order valence-corrected chi connectivity index (χ3v) is 8.91. The molecular weight excluding hydrogens is 497 g/mol. The van der Waals surface area contributed by atoms with Crippen molar-refractivity contribution in [1.82, 2.24) is 14.8 Å². The van der Waals surface area contributed by atoms with E-state index in [4.69, 9.17) is 33.3 Å². The summed E-state index contributed by atoms with van der Waals surface area (Å²) in [5, 5.41) is 5.79. The lowest BCUT2D eigenvalue weighted by Gasteiger charge is -2.32. The molecule has 0 radical (unpaired) electrons. The van der Waals surface area contributed by atoms with Crippen LogP contribution in [0.4, 0.5) is 0 Å². The van der Waals surface area contributed by atoms with E-state index >= 15 is 0 Å². The van der Waals surface area contributed by atoms with Crippen molar-refractivity contribution in [2.24, 2.45) is 0 Å². The molecule has 38 heavy (non-hydrogen) atoms. The summed E-state index contributed by atoms with van der Waals surface area (Å²) in [4.78, 5) is 4.99. The van der Waals surface area contributed by atoms with Crippen LogP contribution in [0.3, 0.4) is 0 Å². The summed E-state index contributed by atoms with van der Waals surface area (Å²) in [6.45, 7) is 19.9. The van der Waals surface area contributed by atoms with E-state index in [0.717, 1.165) is 22.1 Å². The summed E-state index contributed by atoms with van der Waals surface area (Å²) >= 11 is 0.